The van der Waals surface area contributed by atoms with Crippen LogP contribution in [0.25, 0.3) is 11.3 Å². The van der Waals surface area contributed by atoms with Gasteiger partial charge in [-0.1, -0.05) is 0 Å². The van der Waals surface area contributed by atoms with Gasteiger partial charge < -0.3 is 10.1 Å². The third-order valence-electron chi connectivity index (χ3n) is 4.52. The molecule has 0 aliphatic carbocycles. The van der Waals surface area contributed by atoms with E-state index >= 15 is 0 Å². The van der Waals surface area contributed by atoms with Crippen LogP contribution in [0.2, 0.25) is 0 Å². The molecule has 1 aliphatic rings. The van der Waals surface area contributed by atoms with E-state index in [9.17, 15) is 4.79 Å². The highest BCUT2D eigenvalue weighted by molar-refractivity contribution is 7.09. The van der Waals surface area contributed by atoms with E-state index in [0.717, 1.165) is 17.0 Å². The van der Waals surface area contributed by atoms with E-state index in [1.807, 2.05) is 24.6 Å². The first-order valence-corrected chi connectivity index (χ1v) is 9.30. The maximum Gasteiger partial charge on any atom is 0.267 e. The van der Waals surface area contributed by atoms with Gasteiger partial charge in [0.25, 0.3) is 5.56 Å². The van der Waals surface area contributed by atoms with Crippen molar-refractivity contribution in [3.8, 4) is 11.3 Å². The molecule has 2 atom stereocenters. The summed E-state index contributed by atoms with van der Waals surface area (Å²) in [7, 11) is 0. The van der Waals surface area contributed by atoms with Crippen LogP contribution in [0.3, 0.4) is 0 Å². The van der Waals surface area contributed by atoms with Gasteiger partial charge in [-0.2, -0.15) is 5.10 Å². The van der Waals surface area contributed by atoms with Crippen LogP contribution in [0, 0.1) is 6.92 Å². The summed E-state index contributed by atoms with van der Waals surface area (Å²) in [5.41, 5.74) is 4.35. The zero-order valence-electron chi connectivity index (χ0n) is 14.3. The van der Waals surface area contributed by atoms with E-state index in [1.54, 1.807) is 35.9 Å². The lowest BCUT2D eigenvalue weighted by Crippen LogP contribution is -2.41. The fourth-order valence-corrected chi connectivity index (χ4v) is 3.76. The van der Waals surface area contributed by atoms with Crippen molar-refractivity contribution in [3.05, 3.63) is 63.1 Å². The van der Waals surface area contributed by atoms with Crippen LogP contribution >= 0.6 is 11.3 Å². The Hall–Kier alpha value is -2.42. The minimum absolute atomic E-state index is 0.0193. The van der Waals surface area contributed by atoms with Gasteiger partial charge in [-0.15, -0.1) is 11.3 Å². The number of hydrogen-bond acceptors (Lipinski definition) is 7. The van der Waals surface area contributed by atoms with E-state index in [2.05, 4.69) is 20.4 Å². The van der Waals surface area contributed by atoms with Gasteiger partial charge in [0.05, 0.1) is 42.2 Å². The Morgan fingerprint density at radius 3 is 3.04 bits per heavy atom. The van der Waals surface area contributed by atoms with Crippen molar-refractivity contribution in [1.29, 1.82) is 0 Å². The lowest BCUT2D eigenvalue weighted by Gasteiger charge is -2.20. The molecular weight excluding hydrogens is 350 g/mol. The summed E-state index contributed by atoms with van der Waals surface area (Å²) in [6.45, 7) is 3.72. The Morgan fingerprint density at radius 2 is 2.27 bits per heavy atom. The molecule has 0 saturated carbocycles. The van der Waals surface area contributed by atoms with Gasteiger partial charge >= 0.3 is 0 Å². The molecule has 3 aromatic rings. The minimum Gasteiger partial charge on any atom is -0.377 e. The number of aromatic nitrogens is 4. The van der Waals surface area contributed by atoms with Crippen LogP contribution in [-0.2, 0) is 11.3 Å². The molecule has 8 heteroatoms. The first kappa shape index (κ1) is 17.0. The molecule has 1 fully saturated rings. The van der Waals surface area contributed by atoms with Crippen LogP contribution in [0.5, 0.6) is 0 Å². The summed E-state index contributed by atoms with van der Waals surface area (Å²) in [6.07, 6.45) is 3.45. The maximum atomic E-state index is 12.4. The fourth-order valence-electron chi connectivity index (χ4n) is 3.03. The van der Waals surface area contributed by atoms with Crippen molar-refractivity contribution in [3.63, 3.8) is 0 Å². The standard InChI is InChI=1S/C18H19N5O2S/c1-12-17(26-11-21-12)8-20-15-9-25-10-16(15)23-18(24)5-4-14(22-23)13-3-2-6-19-7-13/h2-7,11,15-16,20H,8-10H2,1H3. The van der Waals surface area contributed by atoms with Crippen LogP contribution in [0.1, 0.15) is 16.6 Å². The summed E-state index contributed by atoms with van der Waals surface area (Å²) < 4.78 is 7.17. The largest absolute Gasteiger partial charge is 0.377 e. The Bertz CT molecular complexity index is 940. The Morgan fingerprint density at radius 1 is 1.35 bits per heavy atom. The summed E-state index contributed by atoms with van der Waals surface area (Å²) in [5.74, 6) is 0. The smallest absolute Gasteiger partial charge is 0.267 e. The third kappa shape index (κ3) is 3.44. The van der Waals surface area contributed by atoms with Crippen molar-refractivity contribution in [2.75, 3.05) is 13.2 Å². The maximum absolute atomic E-state index is 12.4. The topological polar surface area (TPSA) is 81.9 Å². The van der Waals surface area contributed by atoms with Crippen LogP contribution < -0.4 is 10.9 Å². The summed E-state index contributed by atoms with van der Waals surface area (Å²) in [4.78, 5) is 22.0. The van der Waals surface area contributed by atoms with Gasteiger partial charge in [0.1, 0.15) is 0 Å². The molecule has 0 amide bonds. The molecule has 0 radical (unpaired) electrons. The summed E-state index contributed by atoms with van der Waals surface area (Å²) in [5, 5.41) is 8.06. The van der Waals surface area contributed by atoms with E-state index in [0.29, 0.717) is 19.8 Å². The SMILES string of the molecule is Cc1ncsc1CNC1COCC1n1nc(-c2cccnc2)ccc1=O. The normalized spacial score (nSPS) is 19.7. The summed E-state index contributed by atoms with van der Waals surface area (Å²) >= 11 is 1.63. The van der Waals surface area contributed by atoms with Gasteiger partial charge in [0.2, 0.25) is 0 Å². The number of pyridine rings is 1. The van der Waals surface area contributed by atoms with Crippen LogP contribution in [-0.4, -0.2) is 39.0 Å². The zero-order valence-corrected chi connectivity index (χ0v) is 15.1. The number of thiazole rings is 1. The fraction of sp³-hybridized carbons (Fsp3) is 0.333. The monoisotopic (exact) mass is 369 g/mol. The van der Waals surface area contributed by atoms with Gasteiger partial charge in [-0.3, -0.25) is 9.78 Å². The van der Waals surface area contributed by atoms with E-state index in [1.165, 1.54) is 9.56 Å². The highest BCUT2D eigenvalue weighted by Gasteiger charge is 2.31. The Labute approximate surface area is 154 Å². The Kier molecular flexibility index (Phi) is 4.87. The zero-order chi connectivity index (χ0) is 17.9. The first-order valence-electron chi connectivity index (χ1n) is 8.43. The van der Waals surface area contributed by atoms with Gasteiger partial charge in [-0.05, 0) is 25.1 Å². The molecule has 7 nitrogen and oxygen atoms in total. The van der Waals surface area contributed by atoms with Crippen molar-refractivity contribution in [2.45, 2.75) is 25.6 Å². The van der Waals surface area contributed by atoms with Crippen molar-refractivity contribution in [1.82, 2.24) is 25.1 Å². The van der Waals surface area contributed by atoms with Crippen LogP contribution in [0.4, 0.5) is 0 Å². The molecule has 4 rings (SSSR count). The second kappa shape index (κ2) is 7.45. The molecule has 1 N–H and O–H groups in total. The average molecular weight is 369 g/mol. The number of ether oxygens (including phenoxy) is 1. The van der Waals surface area contributed by atoms with Crippen molar-refractivity contribution >= 4 is 11.3 Å². The predicted molar refractivity (Wildman–Crippen MR) is 99.1 cm³/mol. The molecule has 0 spiro atoms. The number of aryl methyl sites for hydroxylation is 1. The quantitative estimate of drug-likeness (QED) is 0.739. The molecule has 3 aromatic heterocycles. The molecular formula is C18H19N5O2S. The molecule has 2 unspecified atom stereocenters. The second-order valence-corrected chi connectivity index (χ2v) is 7.14. The van der Waals surface area contributed by atoms with Gasteiger partial charge in [0.15, 0.2) is 0 Å². The van der Waals surface area contributed by atoms with E-state index in [4.69, 9.17) is 4.74 Å². The minimum atomic E-state index is -0.146. The number of nitrogens with one attached hydrogen (secondary N) is 1. The summed E-state index contributed by atoms with van der Waals surface area (Å²) in [6, 6.07) is 6.94. The van der Waals surface area contributed by atoms with Gasteiger partial charge in [0, 0.05) is 35.4 Å². The van der Waals surface area contributed by atoms with Crippen LogP contribution in [0.15, 0.2) is 47.0 Å². The van der Waals surface area contributed by atoms with E-state index in [-0.39, 0.29) is 17.6 Å². The Balaban J connectivity index is 1.57. The highest BCUT2D eigenvalue weighted by Crippen LogP contribution is 2.21. The second-order valence-electron chi connectivity index (χ2n) is 6.20. The average Bonchev–Trinajstić information content (AvgIpc) is 3.30. The lowest BCUT2D eigenvalue weighted by molar-refractivity contribution is 0.181. The molecule has 4 heterocycles. The predicted octanol–water partition coefficient (Wildman–Crippen LogP) is 1.80. The van der Waals surface area contributed by atoms with E-state index < -0.39 is 0 Å². The molecule has 26 heavy (non-hydrogen) atoms. The number of rotatable bonds is 5. The molecule has 0 aromatic carbocycles. The molecule has 1 aliphatic heterocycles. The van der Waals surface area contributed by atoms with Crippen molar-refractivity contribution in [2.24, 2.45) is 0 Å². The van der Waals surface area contributed by atoms with Crippen molar-refractivity contribution < 1.29 is 4.74 Å². The molecule has 134 valence electrons. The first-order chi connectivity index (χ1) is 12.7. The van der Waals surface area contributed by atoms with Gasteiger partial charge in [-0.25, -0.2) is 9.67 Å². The highest BCUT2D eigenvalue weighted by atomic mass is 32.1. The lowest BCUT2D eigenvalue weighted by atomic mass is 10.1. The number of hydrogen-bond donors (Lipinski definition) is 1. The molecule has 1 saturated heterocycles. The molecule has 0 bridgehead atoms. The third-order valence-corrected chi connectivity index (χ3v) is 5.45. The number of nitrogens with zero attached hydrogens (tertiary/aromatic N) is 4.